The van der Waals surface area contributed by atoms with Gasteiger partial charge in [-0.05, 0) is 5.56 Å². The van der Waals surface area contributed by atoms with Crippen molar-refractivity contribution in [3.8, 4) is 0 Å². The van der Waals surface area contributed by atoms with Crippen molar-refractivity contribution in [3.63, 3.8) is 0 Å². The summed E-state index contributed by atoms with van der Waals surface area (Å²) < 4.78 is 0. The summed E-state index contributed by atoms with van der Waals surface area (Å²) in [6.45, 7) is 0. The van der Waals surface area contributed by atoms with E-state index in [0.717, 1.165) is 5.56 Å². The van der Waals surface area contributed by atoms with Gasteiger partial charge in [-0.2, -0.15) is 0 Å². The summed E-state index contributed by atoms with van der Waals surface area (Å²) in [5.74, 6) is -0.334. The number of hydrogen-bond acceptors (Lipinski definition) is 2. The molecule has 1 saturated heterocycles. The Kier molecular flexibility index (Phi) is 2.00. The molecule has 0 spiro atoms. The normalized spacial score (nSPS) is 20.4. The summed E-state index contributed by atoms with van der Waals surface area (Å²) in [6, 6.07) is 5.75. The van der Waals surface area contributed by atoms with Crippen molar-refractivity contribution >= 4 is 25.2 Å². The molecule has 4 nitrogen and oxygen atoms in total. The summed E-state index contributed by atoms with van der Waals surface area (Å²) in [5, 5.41) is 4.66. The van der Waals surface area contributed by atoms with Gasteiger partial charge in [-0.15, -0.1) is 0 Å². The number of imide groups is 1. The monoisotopic (exact) mass is 186 g/mol. The zero-order valence-corrected chi connectivity index (χ0v) is 7.28. The van der Waals surface area contributed by atoms with Crippen LogP contribution in [0.4, 0.5) is 4.79 Å². The third kappa shape index (κ3) is 1.48. The Balaban J connectivity index is 2.27. The van der Waals surface area contributed by atoms with Gasteiger partial charge in [-0.3, -0.25) is 10.1 Å². The van der Waals surface area contributed by atoms with Crippen molar-refractivity contribution in [2.45, 2.75) is 6.04 Å². The average molecular weight is 186 g/mol. The lowest BCUT2D eigenvalue weighted by atomic mass is 9.94. The van der Waals surface area contributed by atoms with Gasteiger partial charge in [0.1, 0.15) is 13.9 Å². The molecule has 2 rings (SSSR count). The molecular weight excluding hydrogens is 179 g/mol. The molecule has 68 valence electrons. The Morgan fingerprint density at radius 1 is 1.14 bits per heavy atom. The highest BCUT2D eigenvalue weighted by Crippen LogP contribution is 2.14. The van der Waals surface area contributed by atoms with Crippen molar-refractivity contribution in [1.29, 1.82) is 0 Å². The molecule has 1 aromatic rings. The van der Waals surface area contributed by atoms with E-state index in [1.165, 1.54) is 0 Å². The smallest absolute Gasteiger partial charge is 0.322 e. The molecule has 0 saturated carbocycles. The molecular formula is C9H7BN2O2. The molecule has 14 heavy (non-hydrogen) atoms. The van der Waals surface area contributed by atoms with Gasteiger partial charge in [0.25, 0.3) is 5.91 Å². The maximum atomic E-state index is 11.2. The number of nitrogens with one attached hydrogen (secondary N) is 2. The molecule has 1 atom stereocenters. The van der Waals surface area contributed by atoms with Crippen LogP contribution in [-0.4, -0.2) is 19.8 Å². The van der Waals surface area contributed by atoms with E-state index in [1.54, 1.807) is 24.3 Å². The van der Waals surface area contributed by atoms with Gasteiger partial charge >= 0.3 is 6.03 Å². The fourth-order valence-electron chi connectivity index (χ4n) is 1.34. The second-order valence-electron chi connectivity index (χ2n) is 3.06. The number of rotatable bonds is 1. The average Bonchev–Trinajstić information content (AvgIpc) is 2.47. The van der Waals surface area contributed by atoms with Crippen LogP contribution in [0.1, 0.15) is 11.6 Å². The van der Waals surface area contributed by atoms with Crippen molar-refractivity contribution in [3.05, 3.63) is 29.8 Å². The van der Waals surface area contributed by atoms with Crippen LogP contribution in [0.25, 0.3) is 0 Å². The highest BCUT2D eigenvalue weighted by molar-refractivity contribution is 6.32. The second kappa shape index (κ2) is 3.18. The Morgan fingerprint density at radius 2 is 1.79 bits per heavy atom. The molecule has 1 heterocycles. The third-order valence-electron chi connectivity index (χ3n) is 2.04. The molecule has 0 bridgehead atoms. The Hall–Kier alpha value is -1.78. The van der Waals surface area contributed by atoms with Crippen LogP contribution >= 0.6 is 0 Å². The van der Waals surface area contributed by atoms with Gasteiger partial charge in [-0.25, -0.2) is 4.79 Å². The van der Waals surface area contributed by atoms with Crippen molar-refractivity contribution in [1.82, 2.24) is 10.6 Å². The van der Waals surface area contributed by atoms with E-state index in [2.05, 4.69) is 10.6 Å². The van der Waals surface area contributed by atoms with E-state index in [0.29, 0.717) is 5.46 Å². The first kappa shape index (κ1) is 8.81. The highest BCUT2D eigenvalue weighted by atomic mass is 16.2. The Labute approximate surface area is 82.1 Å². The number of benzene rings is 1. The number of urea groups is 1. The molecule has 1 aliphatic rings. The molecule has 0 aliphatic carbocycles. The fourth-order valence-corrected chi connectivity index (χ4v) is 1.34. The van der Waals surface area contributed by atoms with Crippen LogP contribution in [0.2, 0.25) is 0 Å². The van der Waals surface area contributed by atoms with Crippen LogP contribution in [-0.2, 0) is 4.79 Å². The number of carbonyl (C=O) groups excluding carboxylic acids is 2. The first-order valence-corrected chi connectivity index (χ1v) is 4.13. The third-order valence-corrected chi connectivity index (χ3v) is 2.04. The van der Waals surface area contributed by atoms with E-state index in [-0.39, 0.29) is 5.91 Å². The van der Waals surface area contributed by atoms with Crippen LogP contribution in [0.15, 0.2) is 24.3 Å². The zero-order valence-electron chi connectivity index (χ0n) is 7.28. The van der Waals surface area contributed by atoms with Crippen LogP contribution < -0.4 is 16.1 Å². The first-order valence-electron chi connectivity index (χ1n) is 4.13. The summed E-state index contributed by atoms with van der Waals surface area (Å²) in [5.41, 5.74) is 1.35. The topological polar surface area (TPSA) is 58.2 Å². The maximum Gasteiger partial charge on any atom is 0.322 e. The van der Waals surface area contributed by atoms with Crippen LogP contribution in [0.3, 0.4) is 0 Å². The number of amides is 3. The molecule has 3 amide bonds. The lowest BCUT2D eigenvalue weighted by Crippen LogP contribution is -2.22. The summed E-state index contributed by atoms with van der Waals surface area (Å²) in [7, 11) is 5.50. The SMILES string of the molecule is [B]c1ccc([C@@H]2NC(=O)NC2=O)cc1. The quantitative estimate of drug-likeness (QED) is 0.452. The van der Waals surface area contributed by atoms with Crippen molar-refractivity contribution in [2.75, 3.05) is 0 Å². The minimum absolute atomic E-state index is 0.334. The minimum atomic E-state index is -0.594. The van der Waals surface area contributed by atoms with Gasteiger partial charge in [0, 0.05) is 0 Å². The Morgan fingerprint density at radius 3 is 2.29 bits per heavy atom. The standard InChI is InChI=1S/C9H7BN2O2/c10-6-3-1-5(2-4-6)7-8(13)12-9(14)11-7/h1-4,7H,(H2,11,12,13,14)/t7-/m0/s1. The molecule has 0 aromatic heterocycles. The zero-order chi connectivity index (χ0) is 10.1. The second-order valence-corrected chi connectivity index (χ2v) is 3.06. The van der Waals surface area contributed by atoms with Crippen LogP contribution in [0, 0.1) is 0 Å². The summed E-state index contributed by atoms with van der Waals surface area (Å²) in [4.78, 5) is 22.1. The number of hydrogen-bond donors (Lipinski definition) is 2. The fraction of sp³-hybridized carbons (Fsp3) is 0.111. The molecule has 5 heteroatoms. The first-order chi connectivity index (χ1) is 6.66. The van der Waals surface area contributed by atoms with Gasteiger partial charge in [0.05, 0.1) is 0 Å². The van der Waals surface area contributed by atoms with E-state index in [4.69, 9.17) is 7.85 Å². The maximum absolute atomic E-state index is 11.2. The van der Waals surface area contributed by atoms with E-state index in [1.807, 2.05) is 0 Å². The van der Waals surface area contributed by atoms with E-state index < -0.39 is 12.1 Å². The predicted octanol–water partition coefficient (Wildman–Crippen LogP) is -0.639. The molecule has 1 fully saturated rings. The van der Waals surface area contributed by atoms with Gasteiger partial charge in [0.2, 0.25) is 0 Å². The molecule has 0 unspecified atom stereocenters. The van der Waals surface area contributed by atoms with E-state index >= 15 is 0 Å². The predicted molar refractivity (Wildman–Crippen MR) is 51.2 cm³/mol. The summed E-state index contributed by atoms with van der Waals surface area (Å²) >= 11 is 0. The number of carbonyl (C=O) groups is 2. The summed E-state index contributed by atoms with van der Waals surface area (Å²) in [6.07, 6.45) is 0. The highest BCUT2D eigenvalue weighted by Gasteiger charge is 2.30. The van der Waals surface area contributed by atoms with Gasteiger partial charge < -0.3 is 5.32 Å². The van der Waals surface area contributed by atoms with Crippen molar-refractivity contribution < 1.29 is 9.59 Å². The minimum Gasteiger partial charge on any atom is -0.322 e. The molecule has 2 radical (unpaired) electrons. The van der Waals surface area contributed by atoms with Gasteiger partial charge in [-0.1, -0.05) is 29.7 Å². The van der Waals surface area contributed by atoms with Crippen molar-refractivity contribution in [2.24, 2.45) is 0 Å². The van der Waals surface area contributed by atoms with Gasteiger partial charge in [0.15, 0.2) is 0 Å². The molecule has 1 aliphatic heterocycles. The lowest BCUT2D eigenvalue weighted by Gasteiger charge is -2.07. The van der Waals surface area contributed by atoms with Crippen LogP contribution in [0.5, 0.6) is 0 Å². The van der Waals surface area contributed by atoms with E-state index in [9.17, 15) is 9.59 Å². The molecule has 2 N–H and O–H groups in total. The lowest BCUT2D eigenvalue weighted by molar-refractivity contribution is -0.120. The largest absolute Gasteiger partial charge is 0.322 e. The Bertz CT molecular complexity index is 388. The molecule has 1 aromatic carbocycles.